The van der Waals surface area contributed by atoms with Crippen molar-refractivity contribution in [2.45, 2.75) is 44.4 Å². The molecule has 3 atom stereocenters. The number of nitrogens with one attached hydrogen (secondary N) is 1. The molecular weight excluding hydrogens is 372 g/mol. The van der Waals surface area contributed by atoms with Crippen molar-refractivity contribution in [3.05, 3.63) is 34.9 Å². The van der Waals surface area contributed by atoms with Crippen molar-refractivity contribution in [1.82, 2.24) is 15.1 Å². The Labute approximate surface area is 170 Å². The van der Waals surface area contributed by atoms with E-state index in [1.165, 1.54) is 0 Å². The monoisotopic (exact) mass is 400 g/mol. The fourth-order valence-electron chi connectivity index (χ4n) is 4.82. The second kappa shape index (κ2) is 8.22. The maximum Gasteiger partial charge on any atom is 0.255 e. The van der Waals surface area contributed by atoms with Gasteiger partial charge in [-0.15, -0.1) is 0 Å². The molecule has 29 heavy (non-hydrogen) atoms. The molecule has 1 aromatic carbocycles. The minimum absolute atomic E-state index is 0.134. The zero-order chi connectivity index (χ0) is 20.5. The molecule has 1 unspecified atom stereocenters. The summed E-state index contributed by atoms with van der Waals surface area (Å²) in [6.45, 7) is 3.42. The Morgan fingerprint density at radius 3 is 2.83 bits per heavy atom. The number of methoxy groups -OCH3 is 1. The second-order valence-corrected chi connectivity index (χ2v) is 8.27. The summed E-state index contributed by atoms with van der Waals surface area (Å²) in [4.78, 5) is 40.5. The quantitative estimate of drug-likeness (QED) is 0.663. The Morgan fingerprint density at radius 2 is 2.10 bits per heavy atom. The third kappa shape index (κ3) is 3.92. The summed E-state index contributed by atoms with van der Waals surface area (Å²) < 4.78 is 5.31. The van der Waals surface area contributed by atoms with E-state index in [-0.39, 0.29) is 24.1 Å². The lowest BCUT2D eigenvalue weighted by Gasteiger charge is -2.29. The molecule has 0 aliphatic carbocycles. The molecule has 3 amide bonds. The standard InChI is InChI=1S/C21H28N4O4/c1-29-12-14-6-16(8-22)24(10-14)9-13-2-3-15-11-25(21(28)17(15)7-13)18-4-5-19(26)23-20(18)27/h2-3,7,14,16,18H,4-6,8-12,22H2,1H3,(H,23,26,27)/t14-,16-,18?/m0/s1. The Balaban J connectivity index is 1.47. The topological polar surface area (TPSA) is 105 Å². The second-order valence-electron chi connectivity index (χ2n) is 8.27. The molecule has 2 saturated heterocycles. The van der Waals surface area contributed by atoms with Gasteiger partial charge < -0.3 is 15.4 Å². The van der Waals surface area contributed by atoms with Crippen LogP contribution in [0.5, 0.6) is 0 Å². The minimum Gasteiger partial charge on any atom is -0.384 e. The van der Waals surface area contributed by atoms with Gasteiger partial charge in [0.1, 0.15) is 6.04 Å². The largest absolute Gasteiger partial charge is 0.384 e. The average molecular weight is 400 g/mol. The molecule has 3 aliphatic rings. The molecule has 2 fully saturated rings. The van der Waals surface area contributed by atoms with E-state index in [1.54, 1.807) is 12.0 Å². The first-order valence-corrected chi connectivity index (χ1v) is 10.2. The van der Waals surface area contributed by atoms with Crippen LogP contribution in [0, 0.1) is 5.92 Å². The summed E-state index contributed by atoms with van der Waals surface area (Å²) in [5.41, 5.74) is 8.62. The van der Waals surface area contributed by atoms with Crippen LogP contribution in [0.2, 0.25) is 0 Å². The van der Waals surface area contributed by atoms with Crippen LogP contribution in [-0.2, 0) is 27.4 Å². The number of ether oxygens (including phenoxy) is 1. The summed E-state index contributed by atoms with van der Waals surface area (Å²) >= 11 is 0. The van der Waals surface area contributed by atoms with Crippen LogP contribution in [0.3, 0.4) is 0 Å². The number of benzene rings is 1. The molecule has 4 rings (SSSR count). The van der Waals surface area contributed by atoms with Gasteiger partial charge in [-0.25, -0.2) is 0 Å². The maximum atomic E-state index is 13.0. The molecular formula is C21H28N4O4. The highest BCUT2D eigenvalue weighted by Gasteiger charge is 2.39. The van der Waals surface area contributed by atoms with E-state index in [2.05, 4.69) is 16.3 Å². The highest BCUT2D eigenvalue weighted by atomic mass is 16.5. The van der Waals surface area contributed by atoms with E-state index in [0.717, 1.165) is 37.2 Å². The first-order chi connectivity index (χ1) is 14.0. The van der Waals surface area contributed by atoms with Crippen LogP contribution < -0.4 is 11.1 Å². The lowest BCUT2D eigenvalue weighted by atomic mass is 10.0. The lowest BCUT2D eigenvalue weighted by Crippen LogP contribution is -2.52. The van der Waals surface area contributed by atoms with Crippen molar-refractivity contribution in [3.63, 3.8) is 0 Å². The van der Waals surface area contributed by atoms with Crippen molar-refractivity contribution in [2.24, 2.45) is 11.7 Å². The zero-order valence-corrected chi connectivity index (χ0v) is 16.7. The fourth-order valence-corrected chi connectivity index (χ4v) is 4.82. The third-order valence-electron chi connectivity index (χ3n) is 6.27. The van der Waals surface area contributed by atoms with Gasteiger partial charge in [0, 0.05) is 51.3 Å². The van der Waals surface area contributed by atoms with Gasteiger partial charge in [0.15, 0.2) is 0 Å². The van der Waals surface area contributed by atoms with Crippen LogP contribution in [0.4, 0.5) is 0 Å². The number of hydrogen-bond donors (Lipinski definition) is 2. The molecule has 8 heteroatoms. The summed E-state index contributed by atoms with van der Waals surface area (Å²) in [6.07, 6.45) is 1.67. The minimum atomic E-state index is -0.578. The third-order valence-corrected chi connectivity index (χ3v) is 6.27. The van der Waals surface area contributed by atoms with Gasteiger partial charge in [0.25, 0.3) is 5.91 Å². The molecule has 0 bridgehead atoms. The molecule has 3 N–H and O–H groups in total. The van der Waals surface area contributed by atoms with Crippen molar-refractivity contribution >= 4 is 17.7 Å². The highest BCUT2D eigenvalue weighted by Crippen LogP contribution is 2.30. The Bertz CT molecular complexity index is 827. The number of piperidine rings is 1. The van der Waals surface area contributed by atoms with E-state index in [4.69, 9.17) is 10.5 Å². The van der Waals surface area contributed by atoms with Crippen LogP contribution in [0.1, 0.15) is 40.7 Å². The average Bonchev–Trinajstić information content (AvgIpc) is 3.23. The number of carbonyl (C=O) groups is 3. The summed E-state index contributed by atoms with van der Waals surface area (Å²) in [5, 5.41) is 2.34. The first-order valence-electron chi connectivity index (χ1n) is 10.2. The molecule has 1 aromatic rings. The zero-order valence-electron chi connectivity index (χ0n) is 16.7. The lowest BCUT2D eigenvalue weighted by molar-refractivity contribution is -0.136. The Morgan fingerprint density at radius 1 is 1.28 bits per heavy atom. The predicted molar refractivity (Wildman–Crippen MR) is 106 cm³/mol. The van der Waals surface area contributed by atoms with Crippen molar-refractivity contribution < 1.29 is 19.1 Å². The van der Waals surface area contributed by atoms with Gasteiger partial charge in [-0.05, 0) is 36.0 Å². The van der Waals surface area contributed by atoms with Gasteiger partial charge in [0.2, 0.25) is 11.8 Å². The number of fused-ring (bicyclic) bond motifs is 1. The normalized spacial score (nSPS) is 27.4. The number of nitrogens with two attached hydrogens (primary N) is 1. The molecule has 3 aliphatic heterocycles. The molecule has 0 saturated carbocycles. The first kappa shape index (κ1) is 20.0. The van der Waals surface area contributed by atoms with Gasteiger partial charge in [-0.3, -0.25) is 24.6 Å². The molecule has 0 spiro atoms. The van der Waals surface area contributed by atoms with Gasteiger partial charge in [-0.2, -0.15) is 0 Å². The summed E-state index contributed by atoms with van der Waals surface area (Å²) in [7, 11) is 1.72. The Kier molecular flexibility index (Phi) is 5.67. The molecule has 0 aromatic heterocycles. The van der Waals surface area contributed by atoms with Crippen molar-refractivity contribution in [1.29, 1.82) is 0 Å². The number of nitrogens with zero attached hydrogens (tertiary/aromatic N) is 2. The van der Waals surface area contributed by atoms with E-state index in [9.17, 15) is 14.4 Å². The van der Waals surface area contributed by atoms with Crippen LogP contribution in [0.15, 0.2) is 18.2 Å². The summed E-state index contributed by atoms with van der Waals surface area (Å²) in [6, 6.07) is 5.72. The highest BCUT2D eigenvalue weighted by molar-refractivity contribution is 6.05. The number of imide groups is 1. The van der Waals surface area contributed by atoms with Gasteiger partial charge in [-0.1, -0.05) is 12.1 Å². The molecule has 8 nitrogen and oxygen atoms in total. The number of amides is 3. The number of hydrogen-bond acceptors (Lipinski definition) is 6. The molecule has 3 heterocycles. The van der Waals surface area contributed by atoms with Crippen LogP contribution in [0.25, 0.3) is 0 Å². The van der Waals surface area contributed by atoms with E-state index in [0.29, 0.717) is 37.0 Å². The Hall–Kier alpha value is -2.29. The van der Waals surface area contributed by atoms with Gasteiger partial charge in [0.05, 0.1) is 6.61 Å². The van der Waals surface area contributed by atoms with E-state index in [1.807, 2.05) is 12.1 Å². The van der Waals surface area contributed by atoms with Crippen molar-refractivity contribution in [3.8, 4) is 0 Å². The maximum absolute atomic E-state index is 13.0. The fraction of sp³-hybridized carbons (Fsp3) is 0.571. The number of rotatable bonds is 6. The molecule has 156 valence electrons. The van der Waals surface area contributed by atoms with E-state index >= 15 is 0 Å². The molecule has 0 radical (unpaired) electrons. The predicted octanol–water partition coefficient (Wildman–Crippen LogP) is 0.243. The van der Waals surface area contributed by atoms with E-state index < -0.39 is 6.04 Å². The van der Waals surface area contributed by atoms with Crippen LogP contribution in [-0.4, -0.2) is 66.4 Å². The summed E-state index contributed by atoms with van der Waals surface area (Å²) in [5.74, 6) is -0.308. The number of carbonyl (C=O) groups excluding carboxylic acids is 3. The van der Waals surface area contributed by atoms with Crippen molar-refractivity contribution in [2.75, 3.05) is 26.8 Å². The smallest absolute Gasteiger partial charge is 0.255 e. The SMILES string of the molecule is COC[C@H]1C[C@@H](CN)N(Cc2ccc3c(c2)C(=O)N(C2CCC(=O)NC2=O)C3)C1. The van der Waals surface area contributed by atoms with Crippen LogP contribution >= 0.6 is 0 Å². The number of likely N-dealkylation sites (tertiary alicyclic amines) is 1. The van der Waals surface area contributed by atoms with Gasteiger partial charge >= 0.3 is 0 Å².